The molecule has 1 aromatic carbocycles. The number of hydrogen-bond donors (Lipinski definition) is 1. The highest BCUT2D eigenvalue weighted by Crippen LogP contribution is 2.19. The van der Waals surface area contributed by atoms with E-state index < -0.39 is 10.8 Å². The van der Waals surface area contributed by atoms with E-state index in [4.69, 9.17) is 0 Å². The number of rotatable bonds is 5. The van der Waals surface area contributed by atoms with Crippen molar-refractivity contribution in [3.63, 3.8) is 0 Å². The number of carbonyl (C=O) groups excluding carboxylic acids is 2. The first kappa shape index (κ1) is 15.4. The van der Waals surface area contributed by atoms with Gasteiger partial charge >= 0.3 is 5.69 Å². The lowest BCUT2D eigenvalue weighted by atomic mass is 10.1. The van der Waals surface area contributed by atoms with Crippen molar-refractivity contribution >= 4 is 23.1 Å². The van der Waals surface area contributed by atoms with Crippen LogP contribution in [-0.2, 0) is 6.54 Å². The number of Topliss-reactive ketones (excluding diaryl/α,β-unsaturated/α-hetero) is 1. The van der Waals surface area contributed by atoms with Crippen LogP contribution in [0.2, 0.25) is 0 Å². The van der Waals surface area contributed by atoms with Crippen LogP contribution in [-0.4, -0.2) is 26.4 Å². The van der Waals surface area contributed by atoms with E-state index in [0.717, 1.165) is 0 Å². The summed E-state index contributed by atoms with van der Waals surface area (Å²) in [5.41, 5.74) is 0.187. The number of benzene rings is 1. The molecular weight excluding hydrogens is 288 g/mol. The maximum atomic E-state index is 12.2. The van der Waals surface area contributed by atoms with Crippen LogP contribution in [0, 0.1) is 10.1 Å². The molecule has 1 amide bonds. The van der Waals surface area contributed by atoms with E-state index >= 15 is 0 Å². The number of nitrogens with one attached hydrogen (secondary N) is 1. The summed E-state index contributed by atoms with van der Waals surface area (Å²) in [7, 11) is 0. The molecule has 0 spiro atoms. The molecule has 1 heterocycles. The summed E-state index contributed by atoms with van der Waals surface area (Å²) in [6.45, 7) is 3.58. The summed E-state index contributed by atoms with van der Waals surface area (Å²) in [6, 6.07) is 6.33. The zero-order valence-corrected chi connectivity index (χ0v) is 12.1. The zero-order chi connectivity index (χ0) is 16.3. The third-order valence-electron chi connectivity index (χ3n) is 3.01. The van der Waals surface area contributed by atoms with Crippen molar-refractivity contribution in [3.8, 4) is 0 Å². The molecule has 114 valence electrons. The van der Waals surface area contributed by atoms with Gasteiger partial charge in [0.05, 0.1) is 4.92 Å². The number of aryl methyl sites for hydroxylation is 1. The molecule has 8 heteroatoms. The van der Waals surface area contributed by atoms with Crippen LogP contribution in [0.15, 0.2) is 30.5 Å². The summed E-state index contributed by atoms with van der Waals surface area (Å²) < 4.78 is 1.32. The molecule has 1 aromatic heterocycles. The fraction of sp³-hybridized carbons (Fsp3) is 0.214. The number of nitro groups is 1. The molecular formula is C14H14N4O4. The zero-order valence-electron chi connectivity index (χ0n) is 12.1. The number of carbonyl (C=O) groups is 2. The highest BCUT2D eigenvalue weighted by molar-refractivity contribution is 6.06. The van der Waals surface area contributed by atoms with Gasteiger partial charge in [-0.05, 0) is 26.0 Å². The minimum absolute atomic E-state index is 0.141. The average Bonchev–Trinajstić information content (AvgIpc) is 2.92. The minimum atomic E-state index is -0.695. The lowest BCUT2D eigenvalue weighted by Gasteiger charge is -2.04. The Morgan fingerprint density at radius 3 is 2.73 bits per heavy atom. The third kappa shape index (κ3) is 3.17. The SMILES string of the molecule is CCn1cc([N+](=O)[O-])c(C(=O)Nc2cccc(C(C)=O)c2)n1. The molecule has 0 saturated carbocycles. The highest BCUT2D eigenvalue weighted by Gasteiger charge is 2.25. The maximum absolute atomic E-state index is 12.2. The van der Waals surface area contributed by atoms with Gasteiger partial charge in [0.1, 0.15) is 6.20 Å². The normalized spacial score (nSPS) is 10.3. The van der Waals surface area contributed by atoms with Gasteiger partial charge in [-0.3, -0.25) is 24.4 Å². The van der Waals surface area contributed by atoms with Crippen LogP contribution in [0.1, 0.15) is 34.7 Å². The van der Waals surface area contributed by atoms with Crippen molar-refractivity contribution in [1.82, 2.24) is 9.78 Å². The Hall–Kier alpha value is -3.03. The van der Waals surface area contributed by atoms with Gasteiger partial charge in [0.2, 0.25) is 5.69 Å². The summed E-state index contributed by atoms with van der Waals surface area (Å²) in [6.07, 6.45) is 1.21. The van der Waals surface area contributed by atoms with Gasteiger partial charge in [0, 0.05) is 17.8 Å². The second-order valence-corrected chi connectivity index (χ2v) is 4.57. The summed E-state index contributed by atoms with van der Waals surface area (Å²) >= 11 is 0. The molecule has 0 radical (unpaired) electrons. The fourth-order valence-corrected chi connectivity index (χ4v) is 1.87. The fourth-order valence-electron chi connectivity index (χ4n) is 1.87. The number of ketones is 1. The molecule has 0 unspecified atom stereocenters. The van der Waals surface area contributed by atoms with Crippen LogP contribution in [0.25, 0.3) is 0 Å². The molecule has 22 heavy (non-hydrogen) atoms. The Morgan fingerprint density at radius 2 is 2.14 bits per heavy atom. The van der Waals surface area contributed by atoms with Gasteiger partial charge in [-0.2, -0.15) is 5.10 Å². The number of hydrogen-bond acceptors (Lipinski definition) is 5. The van der Waals surface area contributed by atoms with Gasteiger partial charge in [0.25, 0.3) is 5.91 Å². The predicted octanol–water partition coefficient (Wildman–Crippen LogP) is 2.27. The van der Waals surface area contributed by atoms with E-state index in [9.17, 15) is 19.7 Å². The van der Waals surface area contributed by atoms with Crippen molar-refractivity contribution in [3.05, 3.63) is 51.8 Å². The van der Waals surface area contributed by atoms with Gasteiger partial charge < -0.3 is 5.32 Å². The largest absolute Gasteiger partial charge is 0.320 e. The Bertz CT molecular complexity index is 751. The van der Waals surface area contributed by atoms with Gasteiger partial charge in [-0.15, -0.1) is 0 Å². The second kappa shape index (κ2) is 6.17. The number of aromatic nitrogens is 2. The summed E-state index contributed by atoms with van der Waals surface area (Å²) in [5.74, 6) is -0.836. The van der Waals surface area contributed by atoms with Crippen molar-refractivity contribution in [1.29, 1.82) is 0 Å². The monoisotopic (exact) mass is 302 g/mol. The second-order valence-electron chi connectivity index (χ2n) is 4.57. The topological polar surface area (TPSA) is 107 Å². The number of nitrogens with zero attached hydrogens (tertiary/aromatic N) is 3. The first-order chi connectivity index (χ1) is 10.4. The van der Waals surface area contributed by atoms with Crippen LogP contribution in [0.4, 0.5) is 11.4 Å². The van der Waals surface area contributed by atoms with Gasteiger partial charge in [0.15, 0.2) is 5.78 Å². The number of anilines is 1. The lowest BCUT2D eigenvalue weighted by molar-refractivity contribution is -0.385. The standard InChI is InChI=1S/C14H14N4O4/c1-3-17-8-12(18(21)22)13(16-17)14(20)15-11-6-4-5-10(7-11)9(2)19/h4-8H,3H2,1-2H3,(H,15,20). The van der Waals surface area contributed by atoms with E-state index in [1.165, 1.54) is 23.9 Å². The van der Waals surface area contributed by atoms with E-state index in [0.29, 0.717) is 17.8 Å². The molecule has 2 aromatic rings. The summed E-state index contributed by atoms with van der Waals surface area (Å²) in [5, 5.41) is 17.4. The van der Waals surface area contributed by atoms with Crippen LogP contribution >= 0.6 is 0 Å². The first-order valence-electron chi connectivity index (χ1n) is 6.56. The van der Waals surface area contributed by atoms with Crippen molar-refractivity contribution in [2.75, 3.05) is 5.32 Å². The van der Waals surface area contributed by atoms with Crippen molar-refractivity contribution < 1.29 is 14.5 Å². The molecule has 2 rings (SSSR count). The average molecular weight is 302 g/mol. The highest BCUT2D eigenvalue weighted by atomic mass is 16.6. The predicted molar refractivity (Wildman–Crippen MR) is 79.0 cm³/mol. The molecule has 0 aliphatic heterocycles. The molecule has 0 saturated heterocycles. The smallest absolute Gasteiger partial charge is 0.320 e. The van der Waals surface area contributed by atoms with E-state index in [2.05, 4.69) is 10.4 Å². The molecule has 0 atom stereocenters. The van der Waals surface area contributed by atoms with Crippen LogP contribution < -0.4 is 5.32 Å². The first-order valence-corrected chi connectivity index (χ1v) is 6.56. The van der Waals surface area contributed by atoms with Crippen LogP contribution in [0.5, 0.6) is 0 Å². The van der Waals surface area contributed by atoms with Crippen molar-refractivity contribution in [2.45, 2.75) is 20.4 Å². The molecule has 0 bridgehead atoms. The summed E-state index contributed by atoms with van der Waals surface area (Å²) in [4.78, 5) is 33.8. The molecule has 0 aliphatic rings. The van der Waals surface area contributed by atoms with Gasteiger partial charge in [-0.1, -0.05) is 12.1 Å². The molecule has 1 N–H and O–H groups in total. The lowest BCUT2D eigenvalue weighted by Crippen LogP contribution is -2.15. The Kier molecular flexibility index (Phi) is 4.31. The quantitative estimate of drug-likeness (QED) is 0.518. The van der Waals surface area contributed by atoms with Crippen molar-refractivity contribution in [2.24, 2.45) is 0 Å². The Balaban J connectivity index is 2.29. The van der Waals surface area contributed by atoms with Crippen LogP contribution in [0.3, 0.4) is 0 Å². The van der Waals surface area contributed by atoms with E-state index in [1.54, 1.807) is 25.1 Å². The molecule has 8 nitrogen and oxygen atoms in total. The minimum Gasteiger partial charge on any atom is -0.320 e. The maximum Gasteiger partial charge on any atom is 0.320 e. The van der Waals surface area contributed by atoms with Gasteiger partial charge in [-0.25, -0.2) is 0 Å². The third-order valence-corrected chi connectivity index (χ3v) is 3.01. The van der Waals surface area contributed by atoms with E-state index in [-0.39, 0.29) is 17.2 Å². The molecule has 0 fully saturated rings. The number of amides is 1. The van der Waals surface area contributed by atoms with E-state index in [1.807, 2.05) is 0 Å². The molecule has 0 aliphatic carbocycles. The Labute approximate surface area is 125 Å². The Morgan fingerprint density at radius 1 is 1.41 bits per heavy atom.